The van der Waals surface area contributed by atoms with Gasteiger partial charge in [-0.15, -0.1) is 0 Å². The summed E-state index contributed by atoms with van der Waals surface area (Å²) in [4.78, 5) is 13.3. The molecule has 0 aromatic heterocycles. The molecule has 1 amide bonds. The molecule has 88 valence electrons. The average molecular weight is 215 g/mol. The Morgan fingerprint density at radius 2 is 2.07 bits per heavy atom. The fourth-order valence-electron chi connectivity index (χ4n) is 1.28. The molecular formula is C10H21N3O2. The monoisotopic (exact) mass is 215 g/mol. The van der Waals surface area contributed by atoms with Gasteiger partial charge in [-0.25, -0.2) is 0 Å². The number of nitrogens with two attached hydrogens (primary N) is 1. The minimum atomic E-state index is 0.0744. The molecule has 0 fully saturated rings. The van der Waals surface area contributed by atoms with Crippen molar-refractivity contribution in [2.24, 2.45) is 10.9 Å². The normalized spacial score (nSPS) is 11.5. The van der Waals surface area contributed by atoms with Crippen LogP contribution in [0.15, 0.2) is 5.16 Å². The minimum Gasteiger partial charge on any atom is -0.409 e. The van der Waals surface area contributed by atoms with E-state index in [1.165, 1.54) is 0 Å². The van der Waals surface area contributed by atoms with Crippen LogP contribution in [-0.2, 0) is 4.79 Å². The van der Waals surface area contributed by atoms with Gasteiger partial charge in [0.15, 0.2) is 5.84 Å². The predicted molar refractivity (Wildman–Crippen MR) is 59.8 cm³/mol. The average Bonchev–Trinajstić information content (AvgIpc) is 2.24. The Bertz CT molecular complexity index is 217. The summed E-state index contributed by atoms with van der Waals surface area (Å²) >= 11 is 0. The third kappa shape index (κ3) is 5.93. The van der Waals surface area contributed by atoms with Crippen LogP contribution in [0.25, 0.3) is 0 Å². The largest absolute Gasteiger partial charge is 0.409 e. The number of rotatable bonds is 7. The maximum Gasteiger partial charge on any atom is 0.222 e. The quantitative estimate of drug-likeness (QED) is 0.289. The van der Waals surface area contributed by atoms with Crippen molar-refractivity contribution in [1.29, 1.82) is 0 Å². The molecule has 5 nitrogen and oxygen atoms in total. The number of amidine groups is 1. The van der Waals surface area contributed by atoms with E-state index in [0.29, 0.717) is 13.0 Å². The highest BCUT2D eigenvalue weighted by molar-refractivity contribution is 5.86. The molecule has 0 heterocycles. The zero-order valence-electron chi connectivity index (χ0n) is 9.57. The van der Waals surface area contributed by atoms with Gasteiger partial charge < -0.3 is 15.8 Å². The van der Waals surface area contributed by atoms with E-state index in [4.69, 9.17) is 10.9 Å². The summed E-state index contributed by atoms with van der Waals surface area (Å²) in [6, 6.07) is 0. The lowest BCUT2D eigenvalue weighted by atomic mass is 10.2. The van der Waals surface area contributed by atoms with Crippen LogP contribution >= 0.6 is 0 Å². The van der Waals surface area contributed by atoms with Crippen molar-refractivity contribution in [3.05, 3.63) is 0 Å². The van der Waals surface area contributed by atoms with Crippen LogP contribution in [0.5, 0.6) is 0 Å². The zero-order valence-corrected chi connectivity index (χ0v) is 9.57. The highest BCUT2D eigenvalue weighted by Gasteiger charge is 2.13. The van der Waals surface area contributed by atoms with Crippen molar-refractivity contribution >= 4 is 11.7 Å². The van der Waals surface area contributed by atoms with Crippen LogP contribution in [0.3, 0.4) is 0 Å². The van der Waals surface area contributed by atoms with Crippen LogP contribution in [0.4, 0.5) is 0 Å². The van der Waals surface area contributed by atoms with Gasteiger partial charge in [-0.2, -0.15) is 0 Å². The SMILES string of the molecule is CCCCC(=O)N(CCC)CC(N)=NO. The number of oxime groups is 1. The first-order valence-electron chi connectivity index (χ1n) is 5.39. The number of carbonyl (C=O) groups excluding carboxylic acids is 1. The molecule has 0 aromatic carbocycles. The lowest BCUT2D eigenvalue weighted by Gasteiger charge is -2.21. The summed E-state index contributed by atoms with van der Waals surface area (Å²) in [5.74, 6) is 0.151. The molecule has 0 saturated heterocycles. The molecule has 0 aromatic rings. The van der Waals surface area contributed by atoms with Crippen LogP contribution in [-0.4, -0.2) is 34.9 Å². The zero-order chi connectivity index (χ0) is 11.7. The third-order valence-electron chi connectivity index (χ3n) is 2.07. The number of hydrogen-bond acceptors (Lipinski definition) is 3. The highest BCUT2D eigenvalue weighted by Crippen LogP contribution is 2.01. The summed E-state index contributed by atoms with van der Waals surface area (Å²) in [6.07, 6.45) is 3.29. The molecule has 15 heavy (non-hydrogen) atoms. The predicted octanol–water partition coefficient (Wildman–Crippen LogP) is 1.16. The first-order valence-corrected chi connectivity index (χ1v) is 5.39. The summed E-state index contributed by atoms with van der Waals surface area (Å²) in [7, 11) is 0. The van der Waals surface area contributed by atoms with Crippen molar-refractivity contribution in [2.45, 2.75) is 39.5 Å². The Balaban J connectivity index is 4.18. The summed E-state index contributed by atoms with van der Waals surface area (Å²) < 4.78 is 0. The van der Waals surface area contributed by atoms with Gasteiger partial charge in [-0.05, 0) is 12.8 Å². The van der Waals surface area contributed by atoms with Gasteiger partial charge in [0.05, 0.1) is 6.54 Å². The molecule has 0 atom stereocenters. The highest BCUT2D eigenvalue weighted by atomic mass is 16.4. The minimum absolute atomic E-state index is 0.0744. The lowest BCUT2D eigenvalue weighted by Crippen LogP contribution is -2.38. The fourth-order valence-corrected chi connectivity index (χ4v) is 1.28. The van der Waals surface area contributed by atoms with Gasteiger partial charge >= 0.3 is 0 Å². The van der Waals surface area contributed by atoms with Gasteiger partial charge in [0, 0.05) is 13.0 Å². The van der Waals surface area contributed by atoms with Gasteiger partial charge in [-0.3, -0.25) is 4.79 Å². The van der Waals surface area contributed by atoms with Crippen molar-refractivity contribution in [2.75, 3.05) is 13.1 Å². The van der Waals surface area contributed by atoms with Gasteiger partial charge in [0.25, 0.3) is 0 Å². The number of unbranched alkanes of at least 4 members (excludes halogenated alkanes) is 1. The van der Waals surface area contributed by atoms with Crippen LogP contribution in [0.1, 0.15) is 39.5 Å². The van der Waals surface area contributed by atoms with E-state index < -0.39 is 0 Å². The van der Waals surface area contributed by atoms with E-state index in [-0.39, 0.29) is 18.3 Å². The molecule has 0 rings (SSSR count). The van der Waals surface area contributed by atoms with Crippen molar-refractivity contribution in [3.63, 3.8) is 0 Å². The van der Waals surface area contributed by atoms with Crippen LogP contribution in [0, 0.1) is 0 Å². The van der Waals surface area contributed by atoms with Gasteiger partial charge in [0.1, 0.15) is 0 Å². The Hall–Kier alpha value is -1.26. The van der Waals surface area contributed by atoms with E-state index in [2.05, 4.69) is 5.16 Å². The number of amides is 1. The second-order valence-corrected chi connectivity index (χ2v) is 3.51. The molecule has 0 unspecified atom stereocenters. The Kier molecular flexibility index (Phi) is 7.40. The number of nitrogens with zero attached hydrogens (tertiary/aromatic N) is 2. The second kappa shape index (κ2) is 8.08. The smallest absolute Gasteiger partial charge is 0.222 e. The summed E-state index contributed by atoms with van der Waals surface area (Å²) in [5, 5.41) is 11.3. The van der Waals surface area contributed by atoms with Crippen LogP contribution in [0.2, 0.25) is 0 Å². The molecule has 0 spiro atoms. The molecule has 0 bridgehead atoms. The molecule has 0 aliphatic rings. The molecule has 5 heteroatoms. The van der Waals surface area contributed by atoms with E-state index in [0.717, 1.165) is 19.3 Å². The maximum absolute atomic E-state index is 11.7. The summed E-state index contributed by atoms with van der Waals surface area (Å²) in [6.45, 7) is 4.90. The van der Waals surface area contributed by atoms with Gasteiger partial charge in [-0.1, -0.05) is 25.4 Å². The number of hydrogen-bond donors (Lipinski definition) is 2. The molecular weight excluding hydrogens is 194 g/mol. The first-order chi connectivity index (χ1) is 7.15. The van der Waals surface area contributed by atoms with Crippen molar-refractivity contribution in [3.8, 4) is 0 Å². The maximum atomic E-state index is 11.7. The Morgan fingerprint density at radius 3 is 2.53 bits per heavy atom. The fraction of sp³-hybridized carbons (Fsp3) is 0.800. The van der Waals surface area contributed by atoms with Gasteiger partial charge in [0.2, 0.25) is 5.91 Å². The topological polar surface area (TPSA) is 78.9 Å². The Labute approximate surface area is 90.9 Å². The molecule has 0 aliphatic heterocycles. The molecule has 0 radical (unpaired) electrons. The first kappa shape index (κ1) is 13.7. The molecule has 0 saturated carbocycles. The van der Waals surface area contributed by atoms with E-state index in [1.807, 2.05) is 13.8 Å². The standard InChI is InChI=1S/C10H21N3O2/c1-3-5-6-10(14)13(7-4-2)8-9(11)12-15/h15H,3-8H2,1-2H3,(H2,11,12). The lowest BCUT2D eigenvalue weighted by molar-refractivity contribution is -0.130. The number of carbonyl (C=O) groups is 1. The molecule has 3 N–H and O–H groups in total. The van der Waals surface area contributed by atoms with Crippen LogP contribution < -0.4 is 5.73 Å². The third-order valence-corrected chi connectivity index (χ3v) is 2.07. The van der Waals surface area contributed by atoms with E-state index >= 15 is 0 Å². The van der Waals surface area contributed by atoms with Crippen molar-refractivity contribution < 1.29 is 10.0 Å². The van der Waals surface area contributed by atoms with E-state index in [9.17, 15) is 4.79 Å². The molecule has 0 aliphatic carbocycles. The second-order valence-electron chi connectivity index (χ2n) is 3.51. The Morgan fingerprint density at radius 1 is 1.40 bits per heavy atom. The van der Waals surface area contributed by atoms with E-state index in [1.54, 1.807) is 4.90 Å². The summed E-state index contributed by atoms with van der Waals surface area (Å²) in [5.41, 5.74) is 5.38. The van der Waals surface area contributed by atoms with Crippen molar-refractivity contribution in [1.82, 2.24) is 4.90 Å².